The van der Waals surface area contributed by atoms with Gasteiger partial charge in [0.05, 0.1) is 12.9 Å². The average Bonchev–Trinajstić information content (AvgIpc) is 3.34. The maximum Gasteiger partial charge on any atom is 0.244 e. The summed E-state index contributed by atoms with van der Waals surface area (Å²) in [5, 5.41) is 5.66. The first-order chi connectivity index (χ1) is 15.7. The minimum Gasteiger partial charge on any atom is -0.486 e. The molecular formula is C24H24N4O4. The van der Waals surface area contributed by atoms with Crippen LogP contribution in [0.2, 0.25) is 0 Å². The molecule has 8 nitrogen and oxygen atoms in total. The van der Waals surface area contributed by atoms with E-state index >= 15 is 0 Å². The Labute approximate surface area is 185 Å². The third-order valence-corrected chi connectivity index (χ3v) is 4.89. The number of carbonyl (C=O) groups excluding carboxylic acids is 2. The number of hydrogen-bond donors (Lipinski definition) is 2. The van der Waals surface area contributed by atoms with Crippen molar-refractivity contribution in [3.63, 3.8) is 0 Å². The molecule has 2 heterocycles. The highest BCUT2D eigenvalue weighted by molar-refractivity contribution is 5.95. The summed E-state index contributed by atoms with van der Waals surface area (Å²) in [6.07, 6.45) is 8.05. The molecule has 164 valence electrons. The van der Waals surface area contributed by atoms with Crippen molar-refractivity contribution in [3.05, 3.63) is 84.5 Å². The summed E-state index contributed by atoms with van der Waals surface area (Å²) in [7, 11) is 0. The highest BCUT2D eigenvalue weighted by Gasteiger charge is 2.20. The average molecular weight is 432 g/mol. The van der Waals surface area contributed by atoms with Gasteiger partial charge in [0, 0.05) is 25.0 Å². The van der Waals surface area contributed by atoms with E-state index in [9.17, 15) is 9.59 Å². The summed E-state index contributed by atoms with van der Waals surface area (Å²) in [5.41, 5.74) is 1.77. The van der Waals surface area contributed by atoms with Gasteiger partial charge in [-0.3, -0.25) is 9.59 Å². The Balaban J connectivity index is 1.39. The molecule has 32 heavy (non-hydrogen) atoms. The standard InChI is InChI=1S/C24H24N4O4/c29-23(9-7-18-6-8-21-22(14-18)32-13-12-31-21)27-20(16-28-11-10-25-17-28)24(30)26-15-19-4-2-1-3-5-19/h1-11,14,17,20H,12-13,15-16H2,(H,26,30)(H,27,29)/b9-7+. The molecule has 4 rings (SSSR count). The van der Waals surface area contributed by atoms with E-state index in [4.69, 9.17) is 9.47 Å². The summed E-state index contributed by atoms with van der Waals surface area (Å²) in [6.45, 7) is 1.66. The zero-order chi connectivity index (χ0) is 22.2. The molecule has 1 aliphatic rings. The number of hydrogen-bond acceptors (Lipinski definition) is 5. The fourth-order valence-corrected chi connectivity index (χ4v) is 3.26. The van der Waals surface area contributed by atoms with Gasteiger partial charge in [0.1, 0.15) is 19.3 Å². The Morgan fingerprint density at radius 2 is 1.91 bits per heavy atom. The molecule has 1 aliphatic heterocycles. The lowest BCUT2D eigenvalue weighted by atomic mass is 10.1. The molecule has 0 aliphatic carbocycles. The van der Waals surface area contributed by atoms with Gasteiger partial charge >= 0.3 is 0 Å². The molecular weight excluding hydrogens is 408 g/mol. The van der Waals surface area contributed by atoms with E-state index in [-0.39, 0.29) is 18.4 Å². The van der Waals surface area contributed by atoms with E-state index in [1.54, 1.807) is 29.4 Å². The number of aromatic nitrogens is 2. The molecule has 0 saturated heterocycles. The van der Waals surface area contributed by atoms with Crippen molar-refractivity contribution in [2.24, 2.45) is 0 Å². The number of ether oxygens (including phenoxy) is 2. The number of carbonyl (C=O) groups is 2. The first-order valence-corrected chi connectivity index (χ1v) is 10.3. The summed E-state index contributed by atoms with van der Waals surface area (Å²) >= 11 is 0. The highest BCUT2D eigenvalue weighted by Crippen LogP contribution is 2.31. The molecule has 0 bridgehead atoms. The fourth-order valence-electron chi connectivity index (χ4n) is 3.26. The first-order valence-electron chi connectivity index (χ1n) is 10.3. The van der Waals surface area contributed by atoms with Crippen LogP contribution in [0.1, 0.15) is 11.1 Å². The van der Waals surface area contributed by atoms with Crippen LogP contribution in [0.3, 0.4) is 0 Å². The number of rotatable bonds is 8. The lowest BCUT2D eigenvalue weighted by Crippen LogP contribution is -2.48. The Hall–Kier alpha value is -4.07. The zero-order valence-electron chi connectivity index (χ0n) is 17.4. The van der Waals surface area contributed by atoms with E-state index in [2.05, 4.69) is 15.6 Å². The summed E-state index contributed by atoms with van der Waals surface area (Å²) in [6, 6.07) is 14.3. The van der Waals surface area contributed by atoms with Gasteiger partial charge in [-0.1, -0.05) is 36.4 Å². The van der Waals surface area contributed by atoms with Crippen molar-refractivity contribution in [2.75, 3.05) is 13.2 Å². The molecule has 0 radical (unpaired) electrons. The fraction of sp³-hybridized carbons (Fsp3) is 0.208. The van der Waals surface area contributed by atoms with Crippen LogP contribution in [0.4, 0.5) is 0 Å². The minimum atomic E-state index is -0.759. The van der Waals surface area contributed by atoms with E-state index in [0.717, 1.165) is 11.1 Å². The van der Waals surface area contributed by atoms with Gasteiger partial charge in [0.25, 0.3) is 0 Å². The third kappa shape index (κ3) is 5.75. The van der Waals surface area contributed by atoms with Crippen molar-refractivity contribution in [1.29, 1.82) is 0 Å². The topological polar surface area (TPSA) is 94.5 Å². The molecule has 3 aromatic rings. The van der Waals surface area contributed by atoms with Crippen LogP contribution in [0.5, 0.6) is 11.5 Å². The lowest BCUT2D eigenvalue weighted by molar-refractivity contribution is -0.127. The van der Waals surface area contributed by atoms with Crippen molar-refractivity contribution in [2.45, 2.75) is 19.1 Å². The Kier molecular flexibility index (Phi) is 6.81. The molecule has 0 saturated carbocycles. The molecule has 2 amide bonds. The van der Waals surface area contributed by atoms with Gasteiger partial charge in [-0.2, -0.15) is 0 Å². The Morgan fingerprint density at radius 1 is 1.09 bits per heavy atom. The van der Waals surface area contributed by atoms with E-state index in [1.165, 1.54) is 6.08 Å². The van der Waals surface area contributed by atoms with Crippen molar-refractivity contribution in [1.82, 2.24) is 20.2 Å². The molecule has 2 aromatic carbocycles. The minimum absolute atomic E-state index is 0.268. The van der Waals surface area contributed by atoms with Gasteiger partial charge in [-0.15, -0.1) is 0 Å². The molecule has 0 spiro atoms. The van der Waals surface area contributed by atoms with Crippen LogP contribution in [-0.2, 0) is 22.7 Å². The highest BCUT2D eigenvalue weighted by atomic mass is 16.6. The van der Waals surface area contributed by atoms with Gasteiger partial charge < -0.3 is 24.7 Å². The first kappa shape index (κ1) is 21.2. The van der Waals surface area contributed by atoms with E-state index in [0.29, 0.717) is 31.3 Å². The van der Waals surface area contributed by atoms with Crippen molar-refractivity contribution < 1.29 is 19.1 Å². The molecule has 1 aromatic heterocycles. The number of fused-ring (bicyclic) bond motifs is 1. The largest absolute Gasteiger partial charge is 0.486 e. The van der Waals surface area contributed by atoms with Crippen LogP contribution in [0, 0.1) is 0 Å². The zero-order valence-corrected chi connectivity index (χ0v) is 17.4. The number of nitrogens with zero attached hydrogens (tertiary/aromatic N) is 2. The maximum absolute atomic E-state index is 12.8. The van der Waals surface area contributed by atoms with Gasteiger partial charge in [0.2, 0.25) is 11.8 Å². The van der Waals surface area contributed by atoms with Crippen LogP contribution >= 0.6 is 0 Å². The van der Waals surface area contributed by atoms with Crippen LogP contribution in [0.25, 0.3) is 6.08 Å². The van der Waals surface area contributed by atoms with Gasteiger partial charge in [-0.05, 0) is 29.3 Å². The van der Waals surface area contributed by atoms with Crippen LogP contribution < -0.4 is 20.1 Å². The predicted octanol–water partition coefficient (Wildman–Crippen LogP) is 2.17. The second-order valence-corrected chi connectivity index (χ2v) is 7.26. The lowest BCUT2D eigenvalue weighted by Gasteiger charge is -2.19. The molecule has 1 atom stereocenters. The predicted molar refractivity (Wildman–Crippen MR) is 119 cm³/mol. The van der Waals surface area contributed by atoms with Gasteiger partial charge in [0.15, 0.2) is 11.5 Å². The Morgan fingerprint density at radius 3 is 2.69 bits per heavy atom. The molecule has 2 N–H and O–H groups in total. The van der Waals surface area contributed by atoms with Crippen molar-refractivity contribution in [3.8, 4) is 11.5 Å². The number of imidazole rings is 1. The maximum atomic E-state index is 12.8. The summed E-state index contributed by atoms with van der Waals surface area (Å²) < 4.78 is 12.8. The normalized spacial score (nSPS) is 13.5. The van der Waals surface area contributed by atoms with Crippen molar-refractivity contribution >= 4 is 17.9 Å². The second kappa shape index (κ2) is 10.3. The van der Waals surface area contributed by atoms with E-state index in [1.807, 2.05) is 48.5 Å². The SMILES string of the molecule is O=C(/C=C/c1ccc2c(c1)OCCO2)NC(Cn1ccnc1)C(=O)NCc1ccccc1. The third-order valence-electron chi connectivity index (χ3n) is 4.89. The van der Waals surface area contributed by atoms with Crippen LogP contribution in [0.15, 0.2) is 73.3 Å². The Bertz CT molecular complexity index is 1080. The number of nitrogens with one attached hydrogen (secondary N) is 2. The molecule has 8 heteroatoms. The number of amides is 2. The van der Waals surface area contributed by atoms with Gasteiger partial charge in [-0.25, -0.2) is 4.98 Å². The summed E-state index contributed by atoms with van der Waals surface area (Å²) in [4.78, 5) is 29.4. The molecule has 1 unspecified atom stereocenters. The summed E-state index contributed by atoms with van der Waals surface area (Å²) in [5.74, 6) is 0.689. The van der Waals surface area contributed by atoms with E-state index < -0.39 is 6.04 Å². The van der Waals surface area contributed by atoms with Crippen LogP contribution in [-0.4, -0.2) is 40.6 Å². The smallest absolute Gasteiger partial charge is 0.244 e. The molecule has 0 fully saturated rings. The number of benzene rings is 2. The quantitative estimate of drug-likeness (QED) is 0.532. The monoisotopic (exact) mass is 432 g/mol. The second-order valence-electron chi connectivity index (χ2n) is 7.26.